The Morgan fingerprint density at radius 3 is 2.67 bits per heavy atom. The highest BCUT2D eigenvalue weighted by Gasteiger charge is 2.73. The fourth-order valence-electron chi connectivity index (χ4n) is 7.33. The Balaban J connectivity index is 1.81. The summed E-state index contributed by atoms with van der Waals surface area (Å²) < 4.78 is 16.8. The Kier molecular flexibility index (Phi) is 4.10. The molecule has 0 unspecified atom stereocenters. The van der Waals surface area contributed by atoms with E-state index in [1.54, 1.807) is 13.0 Å². The van der Waals surface area contributed by atoms with E-state index >= 15 is 4.39 Å². The van der Waals surface area contributed by atoms with Gasteiger partial charge in [0.1, 0.15) is 0 Å². The molecular formula is C22H31FO4. The quantitative estimate of drug-likeness (QED) is 0.690. The first-order valence-corrected chi connectivity index (χ1v) is 10.2. The smallest absolute Gasteiger partial charge is 0.178 e. The number of hydrogen-bond acceptors (Lipinski definition) is 4. The molecule has 0 radical (unpaired) electrons. The summed E-state index contributed by atoms with van der Waals surface area (Å²) in [5.41, 5.74) is -3.83. The van der Waals surface area contributed by atoms with E-state index < -0.39 is 28.2 Å². The molecule has 8 atom stereocenters. The average molecular weight is 378 g/mol. The predicted octanol–water partition coefficient (Wildman–Crippen LogP) is 2.72. The Morgan fingerprint density at radius 1 is 1.30 bits per heavy atom. The average Bonchev–Trinajstić information content (AvgIpc) is 2.78. The van der Waals surface area contributed by atoms with Crippen molar-refractivity contribution < 1.29 is 24.5 Å². The number of aliphatic hydroxyl groups is 3. The number of rotatable bonds is 2. The van der Waals surface area contributed by atoms with Crippen LogP contribution >= 0.6 is 0 Å². The maximum atomic E-state index is 16.8. The number of hydrogen-bond donors (Lipinski definition) is 3. The number of alkyl halides is 1. The minimum absolute atomic E-state index is 0.0672. The van der Waals surface area contributed by atoms with Crippen molar-refractivity contribution in [1.29, 1.82) is 0 Å². The lowest BCUT2D eigenvalue weighted by Gasteiger charge is -2.63. The van der Waals surface area contributed by atoms with Crippen LogP contribution in [0.1, 0.15) is 52.9 Å². The molecule has 3 saturated carbocycles. The molecule has 0 saturated heterocycles. The zero-order valence-corrected chi connectivity index (χ0v) is 16.4. The van der Waals surface area contributed by atoms with Crippen molar-refractivity contribution in [1.82, 2.24) is 0 Å². The van der Waals surface area contributed by atoms with Gasteiger partial charge >= 0.3 is 0 Å². The molecule has 0 amide bonds. The lowest BCUT2D eigenvalue weighted by Crippen LogP contribution is -2.68. The van der Waals surface area contributed by atoms with Crippen LogP contribution in [0, 0.1) is 28.6 Å². The second-order valence-electron chi connectivity index (χ2n) is 9.80. The van der Waals surface area contributed by atoms with E-state index in [1.807, 2.05) is 13.8 Å². The summed E-state index contributed by atoms with van der Waals surface area (Å²) in [5.74, 6) is -0.642. The Bertz CT molecular complexity index is 732. The molecular weight excluding hydrogens is 347 g/mol. The van der Waals surface area contributed by atoms with E-state index in [0.29, 0.717) is 19.3 Å². The first-order valence-electron chi connectivity index (χ1n) is 10.2. The summed E-state index contributed by atoms with van der Waals surface area (Å²) in [6, 6.07) is 0. The van der Waals surface area contributed by atoms with Crippen molar-refractivity contribution in [2.24, 2.45) is 28.6 Å². The Hall–Kier alpha value is -1.04. The number of fused-ring (bicyclic) bond motifs is 5. The van der Waals surface area contributed by atoms with Gasteiger partial charge in [0.2, 0.25) is 0 Å². The number of halogens is 1. The zero-order chi connectivity index (χ0) is 19.8. The molecule has 150 valence electrons. The van der Waals surface area contributed by atoms with E-state index in [-0.39, 0.29) is 43.0 Å². The predicted molar refractivity (Wildman–Crippen MR) is 99.6 cm³/mol. The van der Waals surface area contributed by atoms with Crippen molar-refractivity contribution in [3.8, 4) is 0 Å². The highest BCUT2D eigenvalue weighted by Crippen LogP contribution is 2.70. The molecule has 4 rings (SSSR count). The van der Waals surface area contributed by atoms with E-state index in [4.69, 9.17) is 0 Å². The molecule has 4 aliphatic carbocycles. The second kappa shape index (κ2) is 5.74. The van der Waals surface area contributed by atoms with Crippen LogP contribution in [0.5, 0.6) is 0 Å². The van der Waals surface area contributed by atoms with Crippen molar-refractivity contribution in [3.05, 3.63) is 23.8 Å². The molecule has 0 aliphatic heterocycles. The van der Waals surface area contributed by atoms with Crippen molar-refractivity contribution in [2.75, 3.05) is 6.61 Å². The molecule has 4 nitrogen and oxygen atoms in total. The van der Waals surface area contributed by atoms with E-state index in [1.165, 1.54) is 12.2 Å². The molecule has 5 heteroatoms. The lowest BCUT2D eigenvalue weighted by molar-refractivity contribution is -0.222. The normalized spacial score (nSPS) is 54.2. The van der Waals surface area contributed by atoms with Crippen LogP contribution in [0.2, 0.25) is 0 Å². The molecule has 0 aromatic carbocycles. The Morgan fingerprint density at radius 2 is 2.00 bits per heavy atom. The van der Waals surface area contributed by atoms with Gasteiger partial charge in [0.05, 0.1) is 11.7 Å². The van der Waals surface area contributed by atoms with Crippen molar-refractivity contribution in [2.45, 2.75) is 70.2 Å². The number of allylic oxidation sites excluding steroid dienone is 4. The van der Waals surface area contributed by atoms with E-state index in [2.05, 4.69) is 0 Å². The fourth-order valence-corrected chi connectivity index (χ4v) is 7.33. The monoisotopic (exact) mass is 378 g/mol. The first kappa shape index (κ1) is 19.3. The minimum Gasteiger partial charge on any atom is -0.396 e. The van der Waals surface area contributed by atoms with E-state index in [9.17, 15) is 20.1 Å². The molecule has 0 aromatic heterocycles. The van der Waals surface area contributed by atoms with Gasteiger partial charge in [-0.05, 0) is 56.6 Å². The van der Waals surface area contributed by atoms with Gasteiger partial charge in [-0.15, -0.1) is 0 Å². The summed E-state index contributed by atoms with van der Waals surface area (Å²) in [4.78, 5) is 11.8. The number of aliphatic hydroxyl groups excluding tert-OH is 2. The molecule has 3 fully saturated rings. The topological polar surface area (TPSA) is 77.8 Å². The first-order chi connectivity index (χ1) is 12.5. The lowest BCUT2D eigenvalue weighted by atomic mass is 9.44. The van der Waals surface area contributed by atoms with Crippen LogP contribution in [0.4, 0.5) is 4.39 Å². The number of carbonyl (C=O) groups is 1. The second-order valence-corrected chi connectivity index (χ2v) is 9.80. The largest absolute Gasteiger partial charge is 0.396 e. The number of ketones is 1. The number of carbonyl (C=O) groups excluding carboxylic acids is 1. The third kappa shape index (κ3) is 2.11. The SMILES string of the molecule is C[C@H]1C[C@H]2[C@@H]3CCC4=CC(=O)C=C[C@]4(C)[C@@]3(F)[C@@H](O)C[C@]2(C)[C@@]1(O)CCO. The highest BCUT2D eigenvalue weighted by atomic mass is 19.1. The van der Waals surface area contributed by atoms with Gasteiger partial charge in [0.25, 0.3) is 0 Å². The summed E-state index contributed by atoms with van der Waals surface area (Å²) in [6.07, 6.45) is 5.69. The van der Waals surface area contributed by atoms with Crippen LogP contribution in [0.25, 0.3) is 0 Å². The van der Waals surface area contributed by atoms with Crippen LogP contribution < -0.4 is 0 Å². The van der Waals surface area contributed by atoms with Gasteiger partial charge in [-0.25, -0.2) is 4.39 Å². The van der Waals surface area contributed by atoms with Gasteiger partial charge < -0.3 is 15.3 Å². The summed E-state index contributed by atoms with van der Waals surface area (Å²) in [5, 5.41) is 32.2. The Labute approximate surface area is 160 Å². The van der Waals surface area contributed by atoms with Crippen molar-refractivity contribution >= 4 is 5.78 Å². The molecule has 27 heavy (non-hydrogen) atoms. The van der Waals surface area contributed by atoms with Gasteiger partial charge in [0.15, 0.2) is 11.5 Å². The molecule has 0 bridgehead atoms. The van der Waals surface area contributed by atoms with Gasteiger partial charge in [-0.1, -0.05) is 25.5 Å². The summed E-state index contributed by atoms with van der Waals surface area (Å²) >= 11 is 0. The highest BCUT2D eigenvalue weighted by molar-refractivity contribution is 6.01. The van der Waals surface area contributed by atoms with Gasteiger partial charge in [-0.2, -0.15) is 0 Å². The summed E-state index contributed by atoms with van der Waals surface area (Å²) in [6.45, 7) is 5.62. The van der Waals surface area contributed by atoms with Crippen LogP contribution in [-0.4, -0.2) is 45.1 Å². The summed E-state index contributed by atoms with van der Waals surface area (Å²) in [7, 11) is 0. The van der Waals surface area contributed by atoms with Crippen LogP contribution in [0.15, 0.2) is 23.8 Å². The fraction of sp³-hybridized carbons (Fsp3) is 0.773. The molecule has 4 aliphatic rings. The third-order valence-corrected chi connectivity index (χ3v) is 8.94. The minimum atomic E-state index is -1.86. The molecule has 3 N–H and O–H groups in total. The van der Waals surface area contributed by atoms with Gasteiger partial charge in [0, 0.05) is 29.8 Å². The van der Waals surface area contributed by atoms with Crippen LogP contribution in [0.3, 0.4) is 0 Å². The third-order valence-electron chi connectivity index (χ3n) is 8.94. The molecule has 0 heterocycles. The maximum Gasteiger partial charge on any atom is 0.178 e. The molecule has 0 spiro atoms. The maximum absolute atomic E-state index is 16.8. The zero-order valence-electron chi connectivity index (χ0n) is 16.4. The molecule has 0 aromatic rings. The van der Waals surface area contributed by atoms with Crippen molar-refractivity contribution in [3.63, 3.8) is 0 Å². The van der Waals surface area contributed by atoms with Gasteiger partial charge in [-0.3, -0.25) is 4.79 Å². The van der Waals surface area contributed by atoms with E-state index in [0.717, 1.165) is 5.57 Å². The standard InChI is InChI=1S/C22H31FO4/c1-13-10-17-16-5-4-14-11-15(25)6-7-19(14,2)22(16,23)18(26)12-20(17,3)21(13,27)8-9-24/h6-7,11,13,16-18,24,26-27H,4-5,8-10,12H2,1-3H3/t13-,16-,17-,18-,19-,20-,21+,22-/m0/s1. The van der Waals surface area contributed by atoms with Crippen LogP contribution in [-0.2, 0) is 4.79 Å².